The van der Waals surface area contributed by atoms with Gasteiger partial charge in [-0.15, -0.1) is 0 Å². The minimum absolute atomic E-state index is 0.0160. The molecule has 18 heavy (non-hydrogen) atoms. The molecule has 6 heteroatoms. The van der Waals surface area contributed by atoms with Crippen LogP contribution in [0.15, 0.2) is 24.3 Å². The summed E-state index contributed by atoms with van der Waals surface area (Å²) in [5, 5.41) is 15.1. The maximum atomic E-state index is 13.1. The number of carboxylic acids is 1. The second kappa shape index (κ2) is 4.97. The number of aromatic carboxylic acids is 1. The predicted octanol–water partition coefficient (Wildman–Crippen LogP) is 2.06. The number of carboxylic acid groups (broad SMARTS) is 1. The molecule has 94 valence electrons. The van der Waals surface area contributed by atoms with Crippen LogP contribution in [-0.4, -0.2) is 28.4 Å². The molecule has 0 saturated heterocycles. The molecule has 0 radical (unpaired) electrons. The summed E-state index contributed by atoms with van der Waals surface area (Å²) in [5.41, 5.74) is 1.68. The Hall–Kier alpha value is -2.21. The highest BCUT2D eigenvalue weighted by Gasteiger charge is 2.12. The van der Waals surface area contributed by atoms with Crippen molar-refractivity contribution in [2.45, 2.75) is 6.61 Å². The molecule has 0 fully saturated rings. The van der Waals surface area contributed by atoms with Crippen molar-refractivity contribution in [1.82, 2.24) is 10.2 Å². The number of methoxy groups -OCH3 is 1. The van der Waals surface area contributed by atoms with Gasteiger partial charge in [0.1, 0.15) is 11.5 Å². The Balaban J connectivity index is 2.45. The number of nitrogens with zero attached hydrogens (tertiary/aromatic N) is 1. The Morgan fingerprint density at radius 3 is 2.89 bits per heavy atom. The average molecular weight is 250 g/mol. The van der Waals surface area contributed by atoms with E-state index < -0.39 is 5.97 Å². The van der Waals surface area contributed by atoms with Crippen LogP contribution in [-0.2, 0) is 11.3 Å². The highest BCUT2D eigenvalue weighted by atomic mass is 19.1. The summed E-state index contributed by atoms with van der Waals surface area (Å²) in [4.78, 5) is 10.8. The first kappa shape index (κ1) is 12.3. The number of ether oxygens (including phenoxy) is 1. The van der Waals surface area contributed by atoms with Crippen molar-refractivity contribution in [3.63, 3.8) is 0 Å². The van der Waals surface area contributed by atoms with E-state index in [-0.39, 0.29) is 18.1 Å². The molecule has 0 aliphatic heterocycles. The number of aromatic amines is 1. The van der Waals surface area contributed by atoms with E-state index in [2.05, 4.69) is 10.2 Å². The summed E-state index contributed by atoms with van der Waals surface area (Å²) in [6.45, 7) is 0.225. The summed E-state index contributed by atoms with van der Waals surface area (Å²) in [5.74, 6) is -1.47. The maximum absolute atomic E-state index is 13.1. The van der Waals surface area contributed by atoms with Crippen LogP contribution in [0, 0.1) is 5.82 Å². The number of nitrogens with one attached hydrogen (secondary N) is 1. The molecule has 0 unspecified atom stereocenters. The number of halogens is 1. The van der Waals surface area contributed by atoms with E-state index in [9.17, 15) is 9.18 Å². The lowest BCUT2D eigenvalue weighted by molar-refractivity contribution is 0.0690. The number of rotatable bonds is 4. The molecule has 0 aliphatic rings. The van der Waals surface area contributed by atoms with Crippen molar-refractivity contribution >= 4 is 5.97 Å². The lowest BCUT2D eigenvalue weighted by Gasteiger charge is -2.06. The Morgan fingerprint density at radius 2 is 2.28 bits per heavy atom. The third-order valence-corrected chi connectivity index (χ3v) is 2.45. The zero-order chi connectivity index (χ0) is 13.1. The van der Waals surface area contributed by atoms with Crippen LogP contribution in [0.2, 0.25) is 0 Å². The van der Waals surface area contributed by atoms with Gasteiger partial charge in [-0.3, -0.25) is 5.10 Å². The first-order valence-corrected chi connectivity index (χ1v) is 5.18. The minimum atomic E-state index is -1.09. The summed E-state index contributed by atoms with van der Waals surface area (Å²) in [7, 11) is 1.50. The molecule has 0 spiro atoms. The fraction of sp³-hybridized carbons (Fsp3) is 0.167. The van der Waals surface area contributed by atoms with Crippen molar-refractivity contribution in [2.24, 2.45) is 0 Å². The molecule has 2 rings (SSSR count). The molecule has 0 saturated carbocycles. The van der Waals surface area contributed by atoms with Crippen molar-refractivity contribution in [1.29, 1.82) is 0 Å². The van der Waals surface area contributed by atoms with Crippen molar-refractivity contribution in [3.8, 4) is 11.3 Å². The number of benzene rings is 1. The fourth-order valence-corrected chi connectivity index (χ4v) is 1.66. The summed E-state index contributed by atoms with van der Waals surface area (Å²) in [6.07, 6.45) is 0. The Labute approximate surface area is 102 Å². The normalized spacial score (nSPS) is 10.6. The number of aromatic nitrogens is 2. The van der Waals surface area contributed by atoms with E-state index in [1.807, 2.05) is 0 Å². The molecule has 0 atom stereocenters. The van der Waals surface area contributed by atoms with Crippen molar-refractivity contribution in [3.05, 3.63) is 41.3 Å². The van der Waals surface area contributed by atoms with Gasteiger partial charge in [0, 0.05) is 12.7 Å². The average Bonchev–Trinajstić information content (AvgIpc) is 2.79. The fourth-order valence-electron chi connectivity index (χ4n) is 1.66. The first-order chi connectivity index (χ1) is 8.61. The standard InChI is InChI=1S/C12H11FN2O3/c1-18-6-7-4-8(13)2-3-9(7)10-5-11(12(16)17)15-14-10/h2-5H,6H2,1H3,(H,14,15)(H,16,17). The molecule has 1 aromatic heterocycles. The minimum Gasteiger partial charge on any atom is -0.477 e. The van der Waals surface area contributed by atoms with Gasteiger partial charge in [-0.2, -0.15) is 5.10 Å². The van der Waals surface area contributed by atoms with E-state index in [0.717, 1.165) is 0 Å². The SMILES string of the molecule is COCc1cc(F)ccc1-c1cc(C(=O)O)[nH]n1. The molecule has 0 bridgehead atoms. The highest BCUT2D eigenvalue weighted by molar-refractivity contribution is 5.87. The van der Waals surface area contributed by atoms with Gasteiger partial charge < -0.3 is 9.84 Å². The summed E-state index contributed by atoms with van der Waals surface area (Å²) >= 11 is 0. The van der Waals surface area contributed by atoms with Crippen LogP contribution in [0.1, 0.15) is 16.1 Å². The lowest BCUT2D eigenvalue weighted by atomic mass is 10.0. The van der Waals surface area contributed by atoms with Gasteiger partial charge in [-0.1, -0.05) is 0 Å². The molecule has 2 aromatic rings. The van der Waals surface area contributed by atoms with Crippen LogP contribution in [0.3, 0.4) is 0 Å². The number of carbonyl (C=O) groups is 1. The van der Waals surface area contributed by atoms with E-state index in [0.29, 0.717) is 16.8 Å². The Bertz CT molecular complexity index is 580. The molecular formula is C12H11FN2O3. The third kappa shape index (κ3) is 2.38. The van der Waals surface area contributed by atoms with Gasteiger partial charge in [0.25, 0.3) is 0 Å². The van der Waals surface area contributed by atoms with Crippen LogP contribution < -0.4 is 0 Å². The number of hydrogen-bond donors (Lipinski definition) is 2. The smallest absolute Gasteiger partial charge is 0.353 e. The van der Waals surface area contributed by atoms with Crippen molar-refractivity contribution < 1.29 is 19.0 Å². The lowest BCUT2D eigenvalue weighted by Crippen LogP contribution is -1.95. The van der Waals surface area contributed by atoms with Gasteiger partial charge in [0.2, 0.25) is 0 Å². The highest BCUT2D eigenvalue weighted by Crippen LogP contribution is 2.24. The molecule has 2 N–H and O–H groups in total. The Kier molecular flexibility index (Phi) is 3.38. The van der Waals surface area contributed by atoms with E-state index in [1.54, 1.807) is 6.07 Å². The topological polar surface area (TPSA) is 75.2 Å². The second-order valence-corrected chi connectivity index (χ2v) is 3.71. The van der Waals surface area contributed by atoms with Gasteiger partial charge >= 0.3 is 5.97 Å². The van der Waals surface area contributed by atoms with Gasteiger partial charge in [-0.05, 0) is 29.8 Å². The van der Waals surface area contributed by atoms with Gasteiger partial charge in [0.05, 0.1) is 12.3 Å². The van der Waals surface area contributed by atoms with E-state index >= 15 is 0 Å². The monoisotopic (exact) mass is 250 g/mol. The molecule has 1 heterocycles. The van der Waals surface area contributed by atoms with Crippen LogP contribution in [0.5, 0.6) is 0 Å². The van der Waals surface area contributed by atoms with Gasteiger partial charge in [-0.25, -0.2) is 9.18 Å². The van der Waals surface area contributed by atoms with Crippen LogP contribution >= 0.6 is 0 Å². The number of H-pyrrole nitrogens is 1. The molecule has 0 amide bonds. The zero-order valence-electron chi connectivity index (χ0n) is 9.61. The quantitative estimate of drug-likeness (QED) is 0.870. The maximum Gasteiger partial charge on any atom is 0.353 e. The molecule has 1 aromatic carbocycles. The summed E-state index contributed by atoms with van der Waals surface area (Å²) in [6, 6.07) is 5.58. The van der Waals surface area contributed by atoms with Crippen molar-refractivity contribution in [2.75, 3.05) is 7.11 Å². The van der Waals surface area contributed by atoms with Crippen LogP contribution in [0.25, 0.3) is 11.3 Å². The first-order valence-electron chi connectivity index (χ1n) is 5.18. The zero-order valence-corrected chi connectivity index (χ0v) is 9.61. The van der Waals surface area contributed by atoms with Gasteiger partial charge in [0.15, 0.2) is 0 Å². The van der Waals surface area contributed by atoms with E-state index in [1.165, 1.54) is 25.3 Å². The summed E-state index contributed by atoms with van der Waals surface area (Å²) < 4.78 is 18.1. The van der Waals surface area contributed by atoms with E-state index in [4.69, 9.17) is 9.84 Å². The Morgan fingerprint density at radius 1 is 1.50 bits per heavy atom. The molecular weight excluding hydrogens is 239 g/mol. The third-order valence-electron chi connectivity index (χ3n) is 2.45. The predicted molar refractivity (Wildman–Crippen MR) is 61.7 cm³/mol. The molecule has 5 nitrogen and oxygen atoms in total. The molecule has 0 aliphatic carbocycles. The second-order valence-electron chi connectivity index (χ2n) is 3.71. The van der Waals surface area contributed by atoms with Crippen LogP contribution in [0.4, 0.5) is 4.39 Å². The largest absolute Gasteiger partial charge is 0.477 e. The number of hydrogen-bond acceptors (Lipinski definition) is 3.